The van der Waals surface area contributed by atoms with Gasteiger partial charge in [0.05, 0.1) is 5.39 Å². The van der Waals surface area contributed by atoms with E-state index in [4.69, 9.17) is 0 Å². The SMILES string of the molecule is O=Cc1cc2cc[nH]c(=O)c2c2cc(-c3ccccc3)ccc12. The smallest absolute Gasteiger partial charge is 0.256 e. The third-order valence-electron chi connectivity index (χ3n) is 4.14. The van der Waals surface area contributed by atoms with Crippen LogP contribution in [-0.2, 0) is 0 Å². The number of carbonyl (C=O) groups excluding carboxylic acids is 1. The van der Waals surface area contributed by atoms with Gasteiger partial charge in [0.25, 0.3) is 5.56 Å². The van der Waals surface area contributed by atoms with E-state index < -0.39 is 0 Å². The topological polar surface area (TPSA) is 49.9 Å². The zero-order chi connectivity index (χ0) is 15.8. The fourth-order valence-electron chi connectivity index (χ4n) is 3.05. The second kappa shape index (κ2) is 5.21. The molecular formula is C20H13NO2. The average Bonchev–Trinajstić information content (AvgIpc) is 2.61. The van der Waals surface area contributed by atoms with Crippen LogP contribution in [0.25, 0.3) is 32.7 Å². The molecule has 0 saturated heterocycles. The standard InChI is InChI=1S/C20H13NO2/c22-12-16-10-15-8-9-21-20(23)19(15)18-11-14(6-7-17(16)18)13-4-2-1-3-5-13/h1-12H,(H,21,23). The first kappa shape index (κ1) is 13.5. The molecule has 1 N–H and O–H groups in total. The summed E-state index contributed by atoms with van der Waals surface area (Å²) >= 11 is 0. The van der Waals surface area contributed by atoms with Crippen LogP contribution in [0.4, 0.5) is 0 Å². The summed E-state index contributed by atoms with van der Waals surface area (Å²) in [6, 6.07) is 19.4. The monoisotopic (exact) mass is 299 g/mol. The van der Waals surface area contributed by atoms with Gasteiger partial charge in [-0.1, -0.05) is 42.5 Å². The van der Waals surface area contributed by atoms with E-state index in [1.165, 1.54) is 0 Å². The Balaban J connectivity index is 2.16. The molecule has 0 aliphatic rings. The van der Waals surface area contributed by atoms with Gasteiger partial charge in [-0.05, 0) is 45.5 Å². The summed E-state index contributed by atoms with van der Waals surface area (Å²) in [6.07, 6.45) is 2.44. The third-order valence-corrected chi connectivity index (χ3v) is 4.14. The summed E-state index contributed by atoms with van der Waals surface area (Å²) in [5.41, 5.74) is 2.55. The summed E-state index contributed by atoms with van der Waals surface area (Å²) < 4.78 is 0. The fourth-order valence-corrected chi connectivity index (χ4v) is 3.05. The van der Waals surface area contributed by atoms with Crippen molar-refractivity contribution in [3.63, 3.8) is 0 Å². The van der Waals surface area contributed by atoms with Crippen LogP contribution in [0.3, 0.4) is 0 Å². The highest BCUT2D eigenvalue weighted by atomic mass is 16.1. The van der Waals surface area contributed by atoms with Gasteiger partial charge in [-0.2, -0.15) is 0 Å². The number of nitrogens with one attached hydrogen (secondary N) is 1. The maximum atomic E-state index is 12.3. The molecule has 0 spiro atoms. The van der Waals surface area contributed by atoms with Gasteiger partial charge in [0.1, 0.15) is 0 Å². The first-order valence-corrected chi connectivity index (χ1v) is 7.37. The van der Waals surface area contributed by atoms with Gasteiger partial charge >= 0.3 is 0 Å². The van der Waals surface area contributed by atoms with Crippen LogP contribution in [0.1, 0.15) is 10.4 Å². The molecule has 0 bridgehead atoms. The van der Waals surface area contributed by atoms with Crippen LogP contribution >= 0.6 is 0 Å². The van der Waals surface area contributed by atoms with Crippen molar-refractivity contribution in [2.24, 2.45) is 0 Å². The van der Waals surface area contributed by atoms with Crippen molar-refractivity contribution in [1.29, 1.82) is 0 Å². The van der Waals surface area contributed by atoms with E-state index >= 15 is 0 Å². The van der Waals surface area contributed by atoms with Gasteiger partial charge in [0, 0.05) is 11.8 Å². The van der Waals surface area contributed by atoms with Crippen LogP contribution in [0.2, 0.25) is 0 Å². The average molecular weight is 299 g/mol. The van der Waals surface area contributed by atoms with Gasteiger partial charge < -0.3 is 4.98 Å². The molecule has 0 saturated carbocycles. The molecule has 0 fully saturated rings. The molecule has 110 valence electrons. The highest BCUT2D eigenvalue weighted by Gasteiger charge is 2.10. The molecule has 3 aromatic carbocycles. The van der Waals surface area contributed by atoms with Crippen molar-refractivity contribution in [3.8, 4) is 11.1 Å². The Morgan fingerprint density at radius 1 is 0.826 bits per heavy atom. The minimum Gasteiger partial charge on any atom is -0.329 e. The molecule has 3 heteroatoms. The molecule has 1 aromatic heterocycles. The Morgan fingerprint density at radius 2 is 1.65 bits per heavy atom. The molecule has 0 amide bonds. The fraction of sp³-hybridized carbons (Fsp3) is 0. The number of aldehydes is 1. The summed E-state index contributed by atoms with van der Waals surface area (Å²) in [5, 5.41) is 2.98. The Labute approximate surface area is 132 Å². The molecule has 0 unspecified atom stereocenters. The second-order valence-electron chi connectivity index (χ2n) is 5.48. The number of pyridine rings is 1. The van der Waals surface area contributed by atoms with E-state index in [0.717, 1.165) is 33.6 Å². The van der Waals surface area contributed by atoms with E-state index in [0.29, 0.717) is 10.9 Å². The van der Waals surface area contributed by atoms with Gasteiger partial charge in [-0.3, -0.25) is 9.59 Å². The van der Waals surface area contributed by atoms with E-state index in [1.54, 1.807) is 12.3 Å². The van der Waals surface area contributed by atoms with Crippen LogP contribution in [0.15, 0.2) is 71.7 Å². The minimum absolute atomic E-state index is 0.143. The first-order valence-electron chi connectivity index (χ1n) is 7.37. The second-order valence-corrected chi connectivity index (χ2v) is 5.48. The van der Waals surface area contributed by atoms with Gasteiger partial charge in [-0.15, -0.1) is 0 Å². The lowest BCUT2D eigenvalue weighted by atomic mass is 9.95. The molecule has 4 rings (SSSR count). The summed E-state index contributed by atoms with van der Waals surface area (Å²) in [5.74, 6) is 0. The van der Waals surface area contributed by atoms with E-state index in [1.807, 2.05) is 54.6 Å². The van der Waals surface area contributed by atoms with Crippen molar-refractivity contribution >= 4 is 27.8 Å². The first-order chi connectivity index (χ1) is 11.3. The lowest BCUT2D eigenvalue weighted by Gasteiger charge is -2.09. The van der Waals surface area contributed by atoms with E-state index in [2.05, 4.69) is 4.98 Å². The van der Waals surface area contributed by atoms with Crippen LogP contribution in [0, 0.1) is 0 Å². The number of fused-ring (bicyclic) bond motifs is 3. The molecule has 0 aliphatic carbocycles. The number of aromatic nitrogens is 1. The molecule has 0 aliphatic heterocycles. The molecule has 3 nitrogen and oxygen atoms in total. The van der Waals surface area contributed by atoms with E-state index in [-0.39, 0.29) is 5.56 Å². The molecular weight excluding hydrogens is 286 g/mol. The lowest BCUT2D eigenvalue weighted by Crippen LogP contribution is -2.05. The van der Waals surface area contributed by atoms with Crippen molar-refractivity contribution in [2.75, 3.05) is 0 Å². The zero-order valence-corrected chi connectivity index (χ0v) is 12.2. The van der Waals surface area contributed by atoms with Crippen LogP contribution < -0.4 is 5.56 Å². The van der Waals surface area contributed by atoms with Gasteiger partial charge in [0.2, 0.25) is 0 Å². The summed E-state index contributed by atoms with van der Waals surface area (Å²) in [4.78, 5) is 26.4. The van der Waals surface area contributed by atoms with Gasteiger partial charge in [0.15, 0.2) is 6.29 Å². The Kier molecular flexibility index (Phi) is 3.05. The van der Waals surface area contributed by atoms with Gasteiger partial charge in [-0.25, -0.2) is 0 Å². The maximum Gasteiger partial charge on any atom is 0.256 e. The molecule has 0 radical (unpaired) electrons. The van der Waals surface area contributed by atoms with Crippen molar-refractivity contribution in [1.82, 2.24) is 4.98 Å². The number of H-pyrrole nitrogens is 1. The zero-order valence-electron chi connectivity index (χ0n) is 12.2. The predicted molar refractivity (Wildman–Crippen MR) is 92.9 cm³/mol. The maximum absolute atomic E-state index is 12.3. The molecule has 0 atom stereocenters. The molecule has 4 aromatic rings. The normalized spacial score (nSPS) is 11.0. The number of aromatic amines is 1. The highest BCUT2D eigenvalue weighted by Crippen LogP contribution is 2.30. The Morgan fingerprint density at radius 3 is 2.43 bits per heavy atom. The third kappa shape index (κ3) is 2.14. The number of benzene rings is 3. The number of hydrogen-bond acceptors (Lipinski definition) is 2. The van der Waals surface area contributed by atoms with E-state index in [9.17, 15) is 9.59 Å². The number of rotatable bonds is 2. The van der Waals surface area contributed by atoms with Crippen molar-refractivity contribution in [2.45, 2.75) is 0 Å². The van der Waals surface area contributed by atoms with Crippen molar-refractivity contribution < 1.29 is 4.79 Å². The molecule has 23 heavy (non-hydrogen) atoms. The largest absolute Gasteiger partial charge is 0.329 e. The lowest BCUT2D eigenvalue weighted by molar-refractivity contribution is 0.112. The molecule has 1 heterocycles. The van der Waals surface area contributed by atoms with Crippen molar-refractivity contribution in [3.05, 3.63) is 82.8 Å². The number of carbonyl (C=O) groups is 1. The van der Waals surface area contributed by atoms with Crippen LogP contribution in [-0.4, -0.2) is 11.3 Å². The quantitative estimate of drug-likeness (QED) is 0.446. The minimum atomic E-state index is -0.143. The van der Waals surface area contributed by atoms with Crippen LogP contribution in [0.5, 0.6) is 0 Å². The predicted octanol–water partition coefficient (Wildman–Crippen LogP) is 4.16. The highest BCUT2D eigenvalue weighted by molar-refractivity contribution is 6.14. The summed E-state index contributed by atoms with van der Waals surface area (Å²) in [6.45, 7) is 0. The Hall–Kier alpha value is -3.20. The summed E-state index contributed by atoms with van der Waals surface area (Å²) in [7, 11) is 0. The number of hydrogen-bond donors (Lipinski definition) is 1. The Bertz CT molecular complexity index is 1100.